The summed E-state index contributed by atoms with van der Waals surface area (Å²) in [6.07, 6.45) is 7.83. The molecule has 0 radical (unpaired) electrons. The fourth-order valence-electron chi connectivity index (χ4n) is 2.00. The second kappa shape index (κ2) is 2.98. The van der Waals surface area contributed by atoms with Crippen LogP contribution in [0, 0.1) is 0 Å². The number of nitrogens with zero attached hydrogens (tertiary/aromatic N) is 2. The van der Waals surface area contributed by atoms with Crippen LogP contribution >= 0.6 is 0 Å². The van der Waals surface area contributed by atoms with Crippen molar-refractivity contribution in [3.63, 3.8) is 0 Å². The molecule has 2 nitrogen and oxygen atoms in total. The lowest BCUT2D eigenvalue weighted by Crippen LogP contribution is -1.93. The van der Waals surface area contributed by atoms with Gasteiger partial charge in [-0.3, -0.25) is 0 Å². The van der Waals surface area contributed by atoms with Crippen molar-refractivity contribution in [1.29, 1.82) is 0 Å². The normalized spacial score (nSPS) is 15.4. The topological polar surface area (TPSA) is 17.8 Å². The van der Waals surface area contributed by atoms with E-state index in [4.69, 9.17) is 0 Å². The fraction of sp³-hybridized carbons (Fsp3) is 0.250. The third-order valence-corrected chi connectivity index (χ3v) is 2.69. The van der Waals surface area contributed by atoms with Crippen LogP contribution in [0.3, 0.4) is 0 Å². The van der Waals surface area contributed by atoms with E-state index in [0.717, 1.165) is 18.4 Å². The molecule has 2 aromatic rings. The number of allylic oxidation sites excluding steroid dienone is 1. The molecule has 0 atom stereocenters. The Hall–Kier alpha value is -1.57. The summed E-state index contributed by atoms with van der Waals surface area (Å²) in [5, 5.41) is 0. The number of benzene rings is 1. The van der Waals surface area contributed by atoms with Gasteiger partial charge >= 0.3 is 0 Å². The van der Waals surface area contributed by atoms with E-state index in [1.165, 1.54) is 17.8 Å². The molecule has 2 heteroatoms. The summed E-state index contributed by atoms with van der Waals surface area (Å²) in [6.45, 7) is 0. The maximum absolute atomic E-state index is 4.62. The van der Waals surface area contributed by atoms with E-state index in [-0.39, 0.29) is 0 Å². The monoisotopic (exact) mass is 184 g/mol. The molecule has 1 aromatic heterocycles. The Kier molecular flexibility index (Phi) is 1.66. The van der Waals surface area contributed by atoms with Gasteiger partial charge in [0.1, 0.15) is 5.82 Å². The molecule has 1 aliphatic rings. The molecule has 0 amide bonds. The van der Waals surface area contributed by atoms with Gasteiger partial charge in [0.05, 0.1) is 11.0 Å². The highest BCUT2D eigenvalue weighted by Gasteiger charge is 2.09. The van der Waals surface area contributed by atoms with Crippen molar-refractivity contribution in [2.75, 3.05) is 0 Å². The zero-order valence-electron chi connectivity index (χ0n) is 7.98. The summed E-state index contributed by atoms with van der Waals surface area (Å²) in [4.78, 5) is 4.62. The van der Waals surface area contributed by atoms with Gasteiger partial charge in [0.15, 0.2) is 0 Å². The molecule has 0 aliphatic carbocycles. The van der Waals surface area contributed by atoms with E-state index in [9.17, 15) is 0 Å². The highest BCUT2D eigenvalue weighted by atomic mass is 15.1. The van der Waals surface area contributed by atoms with Crippen LogP contribution in [0.25, 0.3) is 17.2 Å². The predicted molar refractivity (Wildman–Crippen MR) is 58.0 cm³/mol. The van der Waals surface area contributed by atoms with Gasteiger partial charge in [-0.15, -0.1) is 0 Å². The van der Waals surface area contributed by atoms with E-state index >= 15 is 0 Å². The Morgan fingerprint density at radius 3 is 3.14 bits per heavy atom. The van der Waals surface area contributed by atoms with Crippen molar-refractivity contribution in [2.24, 2.45) is 0 Å². The summed E-state index contributed by atoms with van der Waals surface area (Å²) in [6, 6.07) is 8.31. The number of para-hydroxylation sites is 2. The summed E-state index contributed by atoms with van der Waals surface area (Å²) < 4.78 is 2.21. The third kappa shape index (κ3) is 1.07. The number of fused-ring (bicyclic) bond motifs is 3. The zero-order valence-corrected chi connectivity index (χ0v) is 7.98. The molecular formula is C12H12N2. The number of aryl methyl sites for hydroxylation is 1. The first kappa shape index (κ1) is 7.80. The average Bonchev–Trinajstić information content (AvgIpc) is 2.42. The maximum atomic E-state index is 4.62. The largest absolute Gasteiger partial charge is 0.303 e. The van der Waals surface area contributed by atoms with Gasteiger partial charge in [0, 0.05) is 12.6 Å². The van der Waals surface area contributed by atoms with E-state index in [0.29, 0.717) is 0 Å². The van der Waals surface area contributed by atoms with Crippen LogP contribution in [0.15, 0.2) is 30.3 Å². The first-order valence-electron chi connectivity index (χ1n) is 5.08. The van der Waals surface area contributed by atoms with E-state index in [1.807, 2.05) is 6.07 Å². The molecule has 0 fully saturated rings. The molecule has 14 heavy (non-hydrogen) atoms. The molecule has 1 aromatic carbocycles. The Bertz CT molecular complexity index is 494. The minimum Gasteiger partial charge on any atom is -0.303 e. The van der Waals surface area contributed by atoms with Gasteiger partial charge in [-0.1, -0.05) is 18.2 Å². The van der Waals surface area contributed by atoms with Gasteiger partial charge in [-0.05, 0) is 25.0 Å². The molecule has 0 unspecified atom stereocenters. The molecule has 2 heterocycles. The van der Waals surface area contributed by atoms with Gasteiger partial charge in [-0.25, -0.2) is 4.98 Å². The van der Waals surface area contributed by atoms with Crippen molar-refractivity contribution in [3.05, 3.63) is 36.2 Å². The number of aromatic nitrogens is 2. The van der Waals surface area contributed by atoms with E-state index in [2.05, 4.69) is 40.0 Å². The standard InChI is InChI=1S/C12H12N2/c1-2-8-12-13-10-6-3-4-7-11(10)14(12)9-5-1/h3-7,9H,1-2,8H2. The lowest BCUT2D eigenvalue weighted by Gasteiger charge is -1.98. The van der Waals surface area contributed by atoms with Crippen molar-refractivity contribution in [1.82, 2.24) is 9.55 Å². The smallest absolute Gasteiger partial charge is 0.113 e. The Balaban J connectivity index is 2.34. The first-order chi connectivity index (χ1) is 6.95. The average molecular weight is 184 g/mol. The molecule has 1 aliphatic heterocycles. The second-order valence-corrected chi connectivity index (χ2v) is 3.66. The zero-order chi connectivity index (χ0) is 9.38. The SMILES string of the molecule is C1=Cn2c(nc3ccccc32)CCC1. The number of imidazole rings is 1. The van der Waals surface area contributed by atoms with Crippen LogP contribution in [0.1, 0.15) is 18.7 Å². The molecule has 70 valence electrons. The van der Waals surface area contributed by atoms with Crippen LogP contribution in [-0.2, 0) is 6.42 Å². The molecule has 0 N–H and O–H groups in total. The highest BCUT2D eigenvalue weighted by Crippen LogP contribution is 2.20. The third-order valence-electron chi connectivity index (χ3n) is 2.69. The summed E-state index contributed by atoms with van der Waals surface area (Å²) in [7, 11) is 0. The fourth-order valence-corrected chi connectivity index (χ4v) is 2.00. The lowest BCUT2D eigenvalue weighted by molar-refractivity contribution is 0.803. The summed E-state index contributed by atoms with van der Waals surface area (Å²) in [5.41, 5.74) is 2.33. The van der Waals surface area contributed by atoms with E-state index in [1.54, 1.807) is 0 Å². The van der Waals surface area contributed by atoms with Crippen LogP contribution in [-0.4, -0.2) is 9.55 Å². The Morgan fingerprint density at radius 1 is 1.21 bits per heavy atom. The molecule has 3 rings (SSSR count). The lowest BCUT2D eigenvalue weighted by atomic mass is 10.2. The number of hydrogen-bond acceptors (Lipinski definition) is 1. The van der Waals surface area contributed by atoms with Gasteiger partial charge in [0.25, 0.3) is 0 Å². The predicted octanol–water partition coefficient (Wildman–Crippen LogP) is 2.84. The number of rotatable bonds is 0. The molecular weight excluding hydrogens is 172 g/mol. The molecule has 0 spiro atoms. The minimum absolute atomic E-state index is 1.08. The van der Waals surface area contributed by atoms with Gasteiger partial charge in [-0.2, -0.15) is 0 Å². The van der Waals surface area contributed by atoms with Crippen molar-refractivity contribution in [2.45, 2.75) is 19.3 Å². The Labute approximate surface area is 82.9 Å². The van der Waals surface area contributed by atoms with Crippen LogP contribution in [0.4, 0.5) is 0 Å². The summed E-state index contributed by atoms with van der Waals surface area (Å²) >= 11 is 0. The molecule has 0 bridgehead atoms. The van der Waals surface area contributed by atoms with Crippen molar-refractivity contribution < 1.29 is 0 Å². The molecule has 0 saturated carbocycles. The first-order valence-corrected chi connectivity index (χ1v) is 5.08. The van der Waals surface area contributed by atoms with Crippen LogP contribution < -0.4 is 0 Å². The highest BCUT2D eigenvalue weighted by molar-refractivity contribution is 5.78. The Morgan fingerprint density at radius 2 is 2.14 bits per heavy atom. The maximum Gasteiger partial charge on any atom is 0.113 e. The van der Waals surface area contributed by atoms with Crippen LogP contribution in [0.2, 0.25) is 0 Å². The van der Waals surface area contributed by atoms with Gasteiger partial charge < -0.3 is 4.57 Å². The van der Waals surface area contributed by atoms with Crippen LogP contribution in [0.5, 0.6) is 0 Å². The summed E-state index contributed by atoms with van der Waals surface area (Å²) in [5.74, 6) is 1.19. The minimum atomic E-state index is 1.08. The quantitative estimate of drug-likeness (QED) is 0.615. The van der Waals surface area contributed by atoms with E-state index < -0.39 is 0 Å². The van der Waals surface area contributed by atoms with Crippen molar-refractivity contribution >= 4 is 17.2 Å². The second-order valence-electron chi connectivity index (χ2n) is 3.66. The van der Waals surface area contributed by atoms with Crippen molar-refractivity contribution in [3.8, 4) is 0 Å². The number of hydrogen-bond donors (Lipinski definition) is 0. The van der Waals surface area contributed by atoms with Gasteiger partial charge in [0.2, 0.25) is 0 Å². The molecule has 0 saturated heterocycles.